The number of aromatic nitrogens is 1. The van der Waals surface area contributed by atoms with Gasteiger partial charge in [0.25, 0.3) is 5.91 Å². The number of quaternary nitrogens is 1. The molecule has 1 aromatic heterocycles. The van der Waals surface area contributed by atoms with Crippen molar-refractivity contribution in [2.75, 3.05) is 58.5 Å². The highest BCUT2D eigenvalue weighted by Gasteiger charge is 2.25. The van der Waals surface area contributed by atoms with E-state index in [9.17, 15) is 18.4 Å². The Morgan fingerprint density at radius 3 is 2.17 bits per heavy atom. The first-order valence-electron chi connectivity index (χ1n) is 18.9. The molecule has 1 amide bonds. The smallest absolute Gasteiger partial charge is 0.263 e. The monoisotopic (exact) mass is 797 g/mol. The molecule has 8 nitrogen and oxygen atoms in total. The number of piperidine rings is 1. The molecule has 5 rings (SSSR count). The number of ether oxygens (including phenoxy) is 3. The van der Waals surface area contributed by atoms with Crippen molar-refractivity contribution in [1.29, 1.82) is 0 Å². The number of halogens is 3. The standard InChI is InChI=1S/C42H54F2N3O5.BrH/c1-5-7-21-52-37-27-34(26-36(28-37)50-4)46-30-39(42(49)45(6-2)33-24-31(43)23-32(44)25-33)41(48)38-17-16-35(29-40(38)46)51-22-15-10-8-9-12-18-47(3)19-13-11-14-20-47;/h16-17,23-30H,5-15,18-22H2,1-4H3;1H/q+1;/p-1. The molecule has 1 fully saturated rings. The number of fused-ring (bicyclic) bond motifs is 1. The van der Waals surface area contributed by atoms with Gasteiger partial charge >= 0.3 is 0 Å². The Balaban J connectivity index is 0.00000627. The van der Waals surface area contributed by atoms with E-state index in [0.29, 0.717) is 47.1 Å². The zero-order valence-electron chi connectivity index (χ0n) is 31.6. The lowest BCUT2D eigenvalue weighted by Crippen LogP contribution is -3.00. The number of amides is 1. The Morgan fingerprint density at radius 2 is 1.47 bits per heavy atom. The first-order chi connectivity index (χ1) is 25.1. The molecule has 0 saturated carbocycles. The van der Waals surface area contributed by atoms with Crippen LogP contribution in [0.5, 0.6) is 17.2 Å². The normalized spacial score (nSPS) is 13.7. The first kappa shape index (κ1) is 41.8. The third kappa shape index (κ3) is 11.0. The number of likely N-dealkylation sites (tertiary alicyclic amines) is 1. The zero-order valence-corrected chi connectivity index (χ0v) is 33.2. The van der Waals surface area contributed by atoms with E-state index in [1.54, 1.807) is 42.9 Å². The molecule has 4 aromatic rings. The van der Waals surface area contributed by atoms with Gasteiger partial charge in [-0.1, -0.05) is 26.2 Å². The molecule has 0 unspecified atom stereocenters. The van der Waals surface area contributed by atoms with Crippen molar-refractivity contribution in [2.24, 2.45) is 0 Å². The summed E-state index contributed by atoms with van der Waals surface area (Å²) in [6, 6.07) is 13.5. The van der Waals surface area contributed by atoms with Crippen molar-refractivity contribution in [2.45, 2.75) is 78.1 Å². The van der Waals surface area contributed by atoms with Gasteiger partial charge in [-0.3, -0.25) is 9.59 Å². The number of pyridine rings is 1. The molecule has 0 spiro atoms. The number of benzene rings is 3. The van der Waals surface area contributed by atoms with Crippen LogP contribution in [-0.2, 0) is 0 Å². The molecular formula is C42H54BrF2N3O5. The fourth-order valence-electron chi connectivity index (χ4n) is 7.09. The van der Waals surface area contributed by atoms with Gasteiger partial charge in [0.2, 0.25) is 5.43 Å². The van der Waals surface area contributed by atoms with Crippen LogP contribution < -0.4 is 41.5 Å². The summed E-state index contributed by atoms with van der Waals surface area (Å²) in [5, 5.41) is 0.293. The number of anilines is 1. The SMILES string of the molecule is CCCCOc1cc(OC)cc(-n2cc(C(=O)N(CC)c3cc(F)cc(F)c3)c(=O)c3ccc(OCCCCCCC[N+]4(C)CCCCC4)cc32)c1.[Br-]. The minimum absolute atomic E-state index is 0. The van der Waals surface area contributed by atoms with E-state index in [2.05, 4.69) is 14.0 Å². The van der Waals surface area contributed by atoms with Gasteiger partial charge in [-0.15, -0.1) is 0 Å². The van der Waals surface area contributed by atoms with Gasteiger partial charge < -0.3 is 45.1 Å². The van der Waals surface area contributed by atoms with E-state index >= 15 is 0 Å². The highest BCUT2D eigenvalue weighted by Crippen LogP contribution is 2.30. The van der Waals surface area contributed by atoms with Crippen LogP contribution in [0, 0.1) is 11.6 Å². The number of carbonyl (C=O) groups is 1. The molecule has 1 aliphatic rings. The van der Waals surface area contributed by atoms with Crippen LogP contribution in [0.25, 0.3) is 16.6 Å². The lowest BCUT2D eigenvalue weighted by molar-refractivity contribution is -0.914. The Kier molecular flexibility index (Phi) is 15.7. The topological polar surface area (TPSA) is 70.0 Å². The molecule has 0 bridgehead atoms. The summed E-state index contributed by atoms with van der Waals surface area (Å²) in [7, 11) is 3.96. The van der Waals surface area contributed by atoms with Gasteiger partial charge in [-0.2, -0.15) is 0 Å². The molecule has 0 radical (unpaired) electrons. The molecule has 0 N–H and O–H groups in total. The first-order valence-corrected chi connectivity index (χ1v) is 18.9. The van der Waals surface area contributed by atoms with E-state index in [4.69, 9.17) is 14.2 Å². The van der Waals surface area contributed by atoms with Gasteiger partial charge in [-0.05, 0) is 76.1 Å². The minimum Gasteiger partial charge on any atom is -1.00 e. The summed E-state index contributed by atoms with van der Waals surface area (Å²) in [6.07, 6.45) is 13.1. The van der Waals surface area contributed by atoms with Crippen LogP contribution >= 0.6 is 0 Å². The molecule has 0 aliphatic carbocycles. The maximum Gasteiger partial charge on any atom is 0.263 e. The van der Waals surface area contributed by atoms with Gasteiger partial charge in [0, 0.05) is 54.1 Å². The molecule has 288 valence electrons. The maximum atomic E-state index is 14.2. The number of unbranched alkanes of at least 4 members (excludes halogenated alkanes) is 5. The van der Waals surface area contributed by atoms with Gasteiger partial charge in [0.15, 0.2) is 0 Å². The fraction of sp³-hybridized carbons (Fsp3) is 0.476. The lowest BCUT2D eigenvalue weighted by atomic mass is 10.1. The van der Waals surface area contributed by atoms with E-state index in [1.165, 1.54) is 73.7 Å². The van der Waals surface area contributed by atoms with E-state index in [-0.39, 0.29) is 34.8 Å². The summed E-state index contributed by atoms with van der Waals surface area (Å²) in [5.74, 6) is -0.599. The predicted molar refractivity (Wildman–Crippen MR) is 203 cm³/mol. The van der Waals surface area contributed by atoms with Crippen LogP contribution in [0.3, 0.4) is 0 Å². The van der Waals surface area contributed by atoms with Crippen LogP contribution in [-0.4, -0.2) is 68.5 Å². The average Bonchev–Trinajstić information content (AvgIpc) is 3.13. The third-order valence-corrected chi connectivity index (χ3v) is 10.1. The Labute approximate surface area is 323 Å². The molecule has 3 aromatic carbocycles. The summed E-state index contributed by atoms with van der Waals surface area (Å²) in [6.45, 7) is 8.80. The van der Waals surface area contributed by atoms with Crippen molar-refractivity contribution in [1.82, 2.24) is 4.57 Å². The summed E-state index contributed by atoms with van der Waals surface area (Å²) < 4.78 is 49.2. The number of carbonyl (C=O) groups excluding carboxylic acids is 1. The second kappa shape index (κ2) is 19.9. The summed E-state index contributed by atoms with van der Waals surface area (Å²) >= 11 is 0. The zero-order chi connectivity index (χ0) is 37.1. The van der Waals surface area contributed by atoms with Crippen LogP contribution in [0.4, 0.5) is 14.5 Å². The molecule has 1 aliphatic heterocycles. The Bertz CT molecular complexity index is 1860. The van der Waals surface area contributed by atoms with Crippen molar-refractivity contribution in [3.63, 3.8) is 0 Å². The van der Waals surface area contributed by atoms with Crippen LogP contribution in [0.2, 0.25) is 0 Å². The molecule has 1 saturated heterocycles. The molecule has 2 heterocycles. The van der Waals surface area contributed by atoms with Gasteiger partial charge in [0.05, 0.1) is 58.2 Å². The Morgan fingerprint density at radius 1 is 0.811 bits per heavy atom. The highest BCUT2D eigenvalue weighted by atomic mass is 79.9. The van der Waals surface area contributed by atoms with Crippen LogP contribution in [0.1, 0.15) is 88.4 Å². The van der Waals surface area contributed by atoms with E-state index < -0.39 is 23.0 Å². The number of methoxy groups -OCH3 is 1. The van der Waals surface area contributed by atoms with Gasteiger partial charge in [-0.25, -0.2) is 8.78 Å². The number of hydrogen-bond acceptors (Lipinski definition) is 5. The fourth-order valence-corrected chi connectivity index (χ4v) is 7.09. The van der Waals surface area contributed by atoms with Crippen molar-refractivity contribution >= 4 is 22.5 Å². The lowest BCUT2D eigenvalue weighted by Gasteiger charge is -2.37. The van der Waals surface area contributed by atoms with Gasteiger partial charge in [0.1, 0.15) is 34.4 Å². The quantitative estimate of drug-likeness (QED) is 0.0902. The maximum absolute atomic E-state index is 14.2. The molecule has 53 heavy (non-hydrogen) atoms. The highest BCUT2D eigenvalue weighted by molar-refractivity contribution is 6.07. The van der Waals surface area contributed by atoms with Crippen molar-refractivity contribution in [3.8, 4) is 22.9 Å². The summed E-state index contributed by atoms with van der Waals surface area (Å²) in [5.41, 5.74) is 0.496. The summed E-state index contributed by atoms with van der Waals surface area (Å²) in [4.78, 5) is 29.2. The number of hydrogen-bond donors (Lipinski definition) is 0. The molecular weight excluding hydrogens is 744 g/mol. The third-order valence-electron chi connectivity index (χ3n) is 10.1. The molecule has 11 heteroatoms. The number of rotatable bonds is 18. The largest absolute Gasteiger partial charge is 1.00 e. The van der Waals surface area contributed by atoms with E-state index in [0.717, 1.165) is 43.9 Å². The van der Waals surface area contributed by atoms with Crippen LogP contribution in [0.15, 0.2) is 65.6 Å². The van der Waals surface area contributed by atoms with Crippen molar-refractivity contribution in [3.05, 3.63) is 88.2 Å². The van der Waals surface area contributed by atoms with Crippen molar-refractivity contribution < 1.29 is 49.3 Å². The predicted octanol–water partition coefficient (Wildman–Crippen LogP) is 6.09. The average molecular weight is 799 g/mol. The minimum atomic E-state index is -0.819. The molecule has 0 atom stereocenters. The second-order valence-electron chi connectivity index (χ2n) is 14.1. The Hall–Kier alpha value is -3.96. The second-order valence-corrected chi connectivity index (χ2v) is 14.1. The number of nitrogens with zero attached hydrogens (tertiary/aromatic N) is 3. The van der Waals surface area contributed by atoms with E-state index in [1.807, 2.05) is 12.1 Å².